The predicted molar refractivity (Wildman–Crippen MR) is 113 cm³/mol. The molecule has 1 aliphatic rings. The maximum absolute atomic E-state index is 12.5. The fourth-order valence-corrected chi connectivity index (χ4v) is 3.33. The molecule has 28 heavy (non-hydrogen) atoms. The van der Waals surface area contributed by atoms with E-state index in [1.807, 2.05) is 59.5 Å². The maximum Gasteiger partial charge on any atom is 0.246 e. The Bertz CT molecular complexity index is 953. The summed E-state index contributed by atoms with van der Waals surface area (Å²) in [5, 5.41) is 0. The standard InChI is InChI=1S/C23H23N3O2/c24-19-8-6-18(7-9-19)22-12-10-21(28-22)11-13-23(27)26-16-14-25(15-17-26)20-4-2-1-3-5-20/h1-13H,14-17,24H2/b13-11+. The highest BCUT2D eigenvalue weighted by Crippen LogP contribution is 2.24. The number of piperazine rings is 1. The number of rotatable bonds is 4. The van der Waals surface area contributed by atoms with E-state index in [-0.39, 0.29) is 5.91 Å². The van der Waals surface area contributed by atoms with Crippen molar-refractivity contribution >= 4 is 23.4 Å². The molecule has 4 rings (SSSR count). The third-order valence-electron chi connectivity index (χ3n) is 4.92. The van der Waals surface area contributed by atoms with Crippen LogP contribution in [-0.2, 0) is 4.79 Å². The van der Waals surface area contributed by atoms with Crippen molar-refractivity contribution in [3.8, 4) is 11.3 Å². The Labute approximate surface area is 164 Å². The summed E-state index contributed by atoms with van der Waals surface area (Å²) in [5.74, 6) is 1.42. The summed E-state index contributed by atoms with van der Waals surface area (Å²) in [4.78, 5) is 16.7. The fraction of sp³-hybridized carbons (Fsp3) is 0.174. The maximum atomic E-state index is 12.5. The van der Waals surface area contributed by atoms with E-state index >= 15 is 0 Å². The Morgan fingerprint density at radius 1 is 0.893 bits per heavy atom. The summed E-state index contributed by atoms with van der Waals surface area (Å²) < 4.78 is 5.82. The van der Waals surface area contributed by atoms with E-state index in [9.17, 15) is 4.79 Å². The van der Waals surface area contributed by atoms with Gasteiger partial charge in [0.2, 0.25) is 5.91 Å². The highest BCUT2D eigenvalue weighted by atomic mass is 16.3. The zero-order valence-corrected chi connectivity index (χ0v) is 15.6. The summed E-state index contributed by atoms with van der Waals surface area (Å²) in [6.07, 6.45) is 3.32. The molecular formula is C23H23N3O2. The number of nitrogens with zero attached hydrogens (tertiary/aromatic N) is 2. The van der Waals surface area contributed by atoms with Gasteiger partial charge in [-0.25, -0.2) is 0 Å². The minimum absolute atomic E-state index is 0.0122. The molecule has 142 valence electrons. The Hall–Kier alpha value is -3.47. The first-order valence-corrected chi connectivity index (χ1v) is 9.42. The average molecular weight is 373 g/mol. The number of amides is 1. The Balaban J connectivity index is 1.34. The van der Waals surface area contributed by atoms with Crippen LogP contribution in [0.1, 0.15) is 5.76 Å². The van der Waals surface area contributed by atoms with Gasteiger partial charge in [0.1, 0.15) is 11.5 Å². The molecule has 2 heterocycles. The second-order valence-corrected chi connectivity index (χ2v) is 6.81. The van der Waals surface area contributed by atoms with Gasteiger partial charge >= 0.3 is 0 Å². The van der Waals surface area contributed by atoms with Crippen molar-refractivity contribution in [1.29, 1.82) is 0 Å². The van der Waals surface area contributed by atoms with Gasteiger partial charge in [0.25, 0.3) is 0 Å². The molecule has 2 N–H and O–H groups in total. The van der Waals surface area contributed by atoms with Crippen molar-refractivity contribution in [3.63, 3.8) is 0 Å². The molecule has 1 aliphatic heterocycles. The normalized spacial score (nSPS) is 14.6. The number of carbonyl (C=O) groups is 1. The molecule has 3 aromatic rings. The molecule has 1 saturated heterocycles. The van der Waals surface area contributed by atoms with Crippen LogP contribution in [0.15, 0.2) is 77.2 Å². The van der Waals surface area contributed by atoms with E-state index in [0.29, 0.717) is 24.5 Å². The lowest BCUT2D eigenvalue weighted by Gasteiger charge is -2.35. The van der Waals surface area contributed by atoms with Gasteiger partial charge < -0.3 is 20.0 Å². The molecule has 0 bridgehead atoms. The summed E-state index contributed by atoms with van der Waals surface area (Å²) in [6.45, 7) is 3.11. The highest BCUT2D eigenvalue weighted by molar-refractivity contribution is 5.91. The van der Waals surface area contributed by atoms with Gasteiger partial charge in [-0.15, -0.1) is 0 Å². The summed E-state index contributed by atoms with van der Waals surface area (Å²) in [6, 6.07) is 21.6. The molecule has 0 saturated carbocycles. The van der Waals surface area contributed by atoms with Gasteiger partial charge in [-0.05, 0) is 54.6 Å². The summed E-state index contributed by atoms with van der Waals surface area (Å²) >= 11 is 0. The van der Waals surface area contributed by atoms with Gasteiger partial charge in [0.05, 0.1) is 0 Å². The number of furan rings is 1. The first-order chi connectivity index (χ1) is 13.7. The van der Waals surface area contributed by atoms with E-state index in [1.165, 1.54) is 5.69 Å². The van der Waals surface area contributed by atoms with E-state index in [4.69, 9.17) is 10.2 Å². The number of hydrogen-bond donors (Lipinski definition) is 1. The zero-order chi connectivity index (χ0) is 19.3. The molecule has 0 radical (unpaired) electrons. The second kappa shape index (κ2) is 8.05. The number of nitrogens with two attached hydrogens (primary N) is 1. The van der Waals surface area contributed by atoms with Gasteiger partial charge in [0, 0.05) is 49.2 Å². The van der Waals surface area contributed by atoms with Crippen LogP contribution in [0, 0.1) is 0 Å². The molecule has 0 aliphatic carbocycles. The largest absolute Gasteiger partial charge is 0.457 e. The quantitative estimate of drug-likeness (QED) is 0.557. The van der Waals surface area contributed by atoms with Crippen molar-refractivity contribution < 1.29 is 9.21 Å². The van der Waals surface area contributed by atoms with Gasteiger partial charge in [0.15, 0.2) is 0 Å². The number of para-hydroxylation sites is 1. The summed E-state index contributed by atoms with van der Waals surface area (Å²) in [7, 11) is 0. The average Bonchev–Trinajstić information content (AvgIpc) is 3.22. The number of anilines is 2. The Kier molecular flexibility index (Phi) is 5.15. The molecular weight excluding hydrogens is 350 g/mol. The topological polar surface area (TPSA) is 62.7 Å². The van der Waals surface area contributed by atoms with E-state index in [1.54, 1.807) is 12.2 Å². The lowest BCUT2D eigenvalue weighted by molar-refractivity contribution is -0.126. The zero-order valence-electron chi connectivity index (χ0n) is 15.6. The minimum Gasteiger partial charge on any atom is -0.457 e. The highest BCUT2D eigenvalue weighted by Gasteiger charge is 2.19. The van der Waals surface area contributed by atoms with E-state index in [2.05, 4.69) is 17.0 Å². The molecule has 0 spiro atoms. The molecule has 1 fully saturated rings. The molecule has 2 aromatic carbocycles. The molecule has 5 heteroatoms. The minimum atomic E-state index is 0.0122. The van der Waals surface area contributed by atoms with E-state index in [0.717, 1.165) is 24.4 Å². The van der Waals surface area contributed by atoms with Crippen LogP contribution in [0.2, 0.25) is 0 Å². The Morgan fingerprint density at radius 2 is 1.61 bits per heavy atom. The molecule has 0 unspecified atom stereocenters. The van der Waals surface area contributed by atoms with Gasteiger partial charge in [-0.3, -0.25) is 4.79 Å². The number of hydrogen-bond acceptors (Lipinski definition) is 4. The van der Waals surface area contributed by atoms with Gasteiger partial charge in [-0.2, -0.15) is 0 Å². The lowest BCUT2D eigenvalue weighted by atomic mass is 10.1. The first kappa shape index (κ1) is 17.9. The van der Waals surface area contributed by atoms with Crippen molar-refractivity contribution in [1.82, 2.24) is 4.90 Å². The van der Waals surface area contributed by atoms with Crippen molar-refractivity contribution in [2.24, 2.45) is 0 Å². The Morgan fingerprint density at radius 3 is 2.32 bits per heavy atom. The molecule has 1 aromatic heterocycles. The molecule has 0 atom stereocenters. The van der Waals surface area contributed by atoms with Crippen molar-refractivity contribution in [2.75, 3.05) is 36.8 Å². The number of benzene rings is 2. The SMILES string of the molecule is Nc1ccc(-c2ccc(/C=C/C(=O)N3CCN(c4ccccc4)CC3)o2)cc1. The smallest absolute Gasteiger partial charge is 0.246 e. The third kappa shape index (κ3) is 4.09. The van der Waals surface area contributed by atoms with Gasteiger partial charge in [-0.1, -0.05) is 18.2 Å². The second-order valence-electron chi connectivity index (χ2n) is 6.81. The van der Waals surface area contributed by atoms with Crippen LogP contribution in [0.4, 0.5) is 11.4 Å². The monoisotopic (exact) mass is 373 g/mol. The van der Waals surface area contributed by atoms with Crippen LogP contribution < -0.4 is 10.6 Å². The van der Waals surface area contributed by atoms with Crippen LogP contribution >= 0.6 is 0 Å². The number of carbonyl (C=O) groups excluding carboxylic acids is 1. The predicted octanol–water partition coefficient (Wildman–Crippen LogP) is 3.89. The molecule has 1 amide bonds. The van der Waals surface area contributed by atoms with Crippen LogP contribution in [-0.4, -0.2) is 37.0 Å². The first-order valence-electron chi connectivity index (χ1n) is 9.42. The van der Waals surface area contributed by atoms with Crippen molar-refractivity contribution in [2.45, 2.75) is 0 Å². The van der Waals surface area contributed by atoms with E-state index < -0.39 is 0 Å². The van der Waals surface area contributed by atoms with Crippen LogP contribution in [0.5, 0.6) is 0 Å². The number of nitrogen functional groups attached to an aromatic ring is 1. The molecule has 5 nitrogen and oxygen atoms in total. The van der Waals surface area contributed by atoms with Crippen LogP contribution in [0.3, 0.4) is 0 Å². The van der Waals surface area contributed by atoms with Crippen molar-refractivity contribution in [3.05, 3.63) is 78.6 Å². The lowest BCUT2D eigenvalue weighted by Crippen LogP contribution is -2.48. The van der Waals surface area contributed by atoms with Crippen LogP contribution in [0.25, 0.3) is 17.4 Å². The fourth-order valence-electron chi connectivity index (χ4n) is 3.33. The summed E-state index contributed by atoms with van der Waals surface area (Å²) in [5.41, 5.74) is 8.59. The third-order valence-corrected chi connectivity index (χ3v) is 4.92.